The van der Waals surface area contributed by atoms with Crippen LogP contribution in [-0.2, 0) is 19.1 Å². The molecular weight excluding hydrogens is 196 g/mol. The van der Waals surface area contributed by atoms with Crippen LogP contribution >= 0.6 is 0 Å². The predicted octanol–water partition coefficient (Wildman–Crippen LogP) is 1.59. The molecule has 0 amide bonds. The van der Waals surface area contributed by atoms with Gasteiger partial charge in [-0.25, -0.2) is 0 Å². The SMILES string of the molecule is CCCCCC(=O)O[C@@H]1C=CC(=O)CO1. The molecule has 0 aromatic rings. The van der Waals surface area contributed by atoms with Gasteiger partial charge in [0, 0.05) is 6.42 Å². The zero-order valence-electron chi connectivity index (χ0n) is 8.90. The van der Waals surface area contributed by atoms with Crippen molar-refractivity contribution in [3.05, 3.63) is 12.2 Å². The highest BCUT2D eigenvalue weighted by atomic mass is 16.7. The highest BCUT2D eigenvalue weighted by molar-refractivity contribution is 5.91. The molecule has 0 aromatic carbocycles. The molecular formula is C11H16O4. The summed E-state index contributed by atoms with van der Waals surface area (Å²) in [5, 5.41) is 0. The van der Waals surface area contributed by atoms with Crippen LogP contribution in [0.3, 0.4) is 0 Å². The fraction of sp³-hybridized carbons (Fsp3) is 0.636. The maximum atomic E-state index is 11.2. The fourth-order valence-electron chi connectivity index (χ4n) is 1.23. The number of hydrogen-bond acceptors (Lipinski definition) is 4. The van der Waals surface area contributed by atoms with Crippen molar-refractivity contribution in [3.8, 4) is 0 Å². The molecule has 0 spiro atoms. The number of carbonyl (C=O) groups is 2. The summed E-state index contributed by atoms with van der Waals surface area (Å²) >= 11 is 0. The zero-order valence-corrected chi connectivity index (χ0v) is 8.90. The van der Waals surface area contributed by atoms with Gasteiger partial charge in [0.15, 0.2) is 5.78 Å². The zero-order chi connectivity index (χ0) is 11.1. The molecule has 0 saturated heterocycles. The van der Waals surface area contributed by atoms with Crippen LogP contribution in [-0.4, -0.2) is 24.6 Å². The molecule has 4 heteroatoms. The first-order valence-corrected chi connectivity index (χ1v) is 5.24. The Hall–Kier alpha value is -1.16. The molecule has 1 aliphatic rings. The van der Waals surface area contributed by atoms with Gasteiger partial charge < -0.3 is 9.47 Å². The van der Waals surface area contributed by atoms with E-state index < -0.39 is 6.29 Å². The Balaban J connectivity index is 2.20. The van der Waals surface area contributed by atoms with E-state index in [1.165, 1.54) is 12.2 Å². The van der Waals surface area contributed by atoms with Gasteiger partial charge in [0.05, 0.1) is 0 Å². The number of carbonyl (C=O) groups excluding carboxylic acids is 2. The highest BCUT2D eigenvalue weighted by Gasteiger charge is 2.16. The molecule has 4 nitrogen and oxygen atoms in total. The molecule has 0 saturated carbocycles. The van der Waals surface area contributed by atoms with Crippen LogP contribution in [0.1, 0.15) is 32.6 Å². The summed E-state index contributed by atoms with van der Waals surface area (Å²) in [4.78, 5) is 22.0. The van der Waals surface area contributed by atoms with E-state index in [0.717, 1.165) is 19.3 Å². The van der Waals surface area contributed by atoms with Crippen molar-refractivity contribution < 1.29 is 19.1 Å². The Bertz CT molecular complexity index is 257. The molecule has 1 rings (SSSR count). The van der Waals surface area contributed by atoms with Gasteiger partial charge in [-0.2, -0.15) is 0 Å². The lowest BCUT2D eigenvalue weighted by molar-refractivity contribution is -0.172. The average Bonchev–Trinajstić information content (AvgIpc) is 2.22. The Morgan fingerprint density at radius 3 is 3.00 bits per heavy atom. The second kappa shape index (κ2) is 6.35. The standard InChI is InChI=1S/C11H16O4/c1-2-3-4-5-10(13)15-11-7-6-9(12)8-14-11/h6-7,11H,2-5,8H2,1H3/t11-/m1/s1. The Morgan fingerprint density at radius 1 is 1.60 bits per heavy atom. The van der Waals surface area contributed by atoms with Crippen LogP contribution in [0.25, 0.3) is 0 Å². The lowest BCUT2D eigenvalue weighted by Crippen LogP contribution is -2.25. The molecule has 1 aliphatic heterocycles. The minimum absolute atomic E-state index is 0.0105. The monoisotopic (exact) mass is 212 g/mol. The van der Waals surface area contributed by atoms with Crippen LogP contribution in [0.15, 0.2) is 12.2 Å². The maximum absolute atomic E-state index is 11.2. The number of ketones is 1. The third-order valence-electron chi connectivity index (χ3n) is 2.06. The second-order valence-electron chi connectivity index (χ2n) is 3.45. The van der Waals surface area contributed by atoms with Crippen LogP contribution < -0.4 is 0 Å². The Morgan fingerprint density at radius 2 is 2.40 bits per heavy atom. The molecule has 0 unspecified atom stereocenters. The molecule has 0 aliphatic carbocycles. The summed E-state index contributed by atoms with van der Waals surface area (Å²) in [5.74, 6) is -0.374. The molecule has 0 aromatic heterocycles. The van der Waals surface area contributed by atoms with Gasteiger partial charge in [-0.15, -0.1) is 0 Å². The van der Waals surface area contributed by atoms with E-state index in [-0.39, 0.29) is 18.4 Å². The first-order valence-electron chi connectivity index (χ1n) is 5.24. The number of esters is 1. The summed E-state index contributed by atoms with van der Waals surface area (Å²) in [7, 11) is 0. The van der Waals surface area contributed by atoms with Crippen molar-refractivity contribution in [2.24, 2.45) is 0 Å². The Labute approximate surface area is 89.2 Å². The smallest absolute Gasteiger partial charge is 0.308 e. The van der Waals surface area contributed by atoms with Crippen molar-refractivity contribution in [2.75, 3.05) is 6.61 Å². The topological polar surface area (TPSA) is 52.6 Å². The maximum Gasteiger partial charge on any atom is 0.308 e. The van der Waals surface area contributed by atoms with Gasteiger partial charge in [-0.1, -0.05) is 19.8 Å². The van der Waals surface area contributed by atoms with Gasteiger partial charge in [0.25, 0.3) is 0 Å². The lowest BCUT2D eigenvalue weighted by Gasteiger charge is -2.17. The first-order chi connectivity index (χ1) is 7.22. The van der Waals surface area contributed by atoms with Gasteiger partial charge in [0.1, 0.15) is 6.61 Å². The molecule has 0 bridgehead atoms. The van der Waals surface area contributed by atoms with E-state index in [0.29, 0.717) is 6.42 Å². The van der Waals surface area contributed by atoms with E-state index in [4.69, 9.17) is 9.47 Å². The highest BCUT2D eigenvalue weighted by Crippen LogP contribution is 2.07. The average molecular weight is 212 g/mol. The van der Waals surface area contributed by atoms with Crippen LogP contribution in [0.4, 0.5) is 0 Å². The summed E-state index contributed by atoms with van der Waals surface area (Å²) < 4.78 is 9.97. The van der Waals surface area contributed by atoms with Crippen molar-refractivity contribution in [1.82, 2.24) is 0 Å². The molecule has 15 heavy (non-hydrogen) atoms. The minimum Gasteiger partial charge on any atom is -0.432 e. The van der Waals surface area contributed by atoms with Crippen LogP contribution in [0.5, 0.6) is 0 Å². The lowest BCUT2D eigenvalue weighted by atomic mass is 10.2. The van der Waals surface area contributed by atoms with E-state index in [1.807, 2.05) is 0 Å². The normalized spacial score (nSPS) is 20.3. The van der Waals surface area contributed by atoms with E-state index >= 15 is 0 Å². The molecule has 0 N–H and O–H groups in total. The number of rotatable bonds is 5. The van der Waals surface area contributed by atoms with Crippen molar-refractivity contribution in [2.45, 2.75) is 38.9 Å². The first kappa shape index (κ1) is 11.9. The van der Waals surface area contributed by atoms with E-state index in [9.17, 15) is 9.59 Å². The van der Waals surface area contributed by atoms with E-state index in [2.05, 4.69) is 6.92 Å². The molecule has 1 heterocycles. The van der Waals surface area contributed by atoms with Crippen molar-refractivity contribution in [3.63, 3.8) is 0 Å². The van der Waals surface area contributed by atoms with Crippen molar-refractivity contribution >= 4 is 11.8 Å². The summed E-state index contributed by atoms with van der Waals surface area (Å²) in [5.41, 5.74) is 0. The molecule has 84 valence electrons. The largest absolute Gasteiger partial charge is 0.432 e. The Kier molecular flexibility index (Phi) is 5.04. The number of hydrogen-bond donors (Lipinski definition) is 0. The fourth-order valence-corrected chi connectivity index (χ4v) is 1.23. The van der Waals surface area contributed by atoms with Crippen LogP contribution in [0.2, 0.25) is 0 Å². The van der Waals surface area contributed by atoms with Gasteiger partial charge in [0.2, 0.25) is 6.29 Å². The van der Waals surface area contributed by atoms with E-state index in [1.54, 1.807) is 0 Å². The molecule has 0 radical (unpaired) electrons. The van der Waals surface area contributed by atoms with Gasteiger partial charge >= 0.3 is 5.97 Å². The number of ether oxygens (including phenoxy) is 2. The second-order valence-corrected chi connectivity index (χ2v) is 3.45. The molecule has 0 fully saturated rings. The van der Waals surface area contributed by atoms with Gasteiger partial charge in [-0.3, -0.25) is 9.59 Å². The quantitative estimate of drug-likeness (QED) is 0.513. The summed E-state index contributed by atoms with van der Waals surface area (Å²) in [6.45, 7) is 2.06. The minimum atomic E-state index is -0.683. The van der Waals surface area contributed by atoms with Crippen LogP contribution in [0, 0.1) is 0 Å². The summed E-state index contributed by atoms with van der Waals surface area (Å²) in [6, 6.07) is 0. The number of unbranched alkanes of at least 4 members (excludes halogenated alkanes) is 2. The third kappa shape index (κ3) is 4.74. The molecule has 1 atom stereocenters. The summed E-state index contributed by atoms with van der Waals surface area (Å²) in [6.07, 6.45) is 5.50. The third-order valence-corrected chi connectivity index (χ3v) is 2.06. The van der Waals surface area contributed by atoms with Crippen molar-refractivity contribution in [1.29, 1.82) is 0 Å². The van der Waals surface area contributed by atoms with Gasteiger partial charge in [-0.05, 0) is 18.6 Å². The predicted molar refractivity (Wildman–Crippen MR) is 54.1 cm³/mol.